The first-order valence-corrected chi connectivity index (χ1v) is 4.51. The Labute approximate surface area is 90.5 Å². The van der Waals surface area contributed by atoms with E-state index >= 15 is 0 Å². The van der Waals surface area contributed by atoms with Crippen LogP contribution >= 0.6 is 11.6 Å². The number of rotatable bonds is 3. The molecule has 0 aliphatic heterocycles. The van der Waals surface area contributed by atoms with Gasteiger partial charge in [0.2, 0.25) is 0 Å². The van der Waals surface area contributed by atoms with Crippen molar-refractivity contribution in [3.8, 4) is 6.07 Å². The Hall–Kier alpha value is -1.25. The van der Waals surface area contributed by atoms with E-state index in [-0.39, 0.29) is 29.2 Å². The van der Waals surface area contributed by atoms with Crippen LogP contribution < -0.4 is 5.73 Å². The first-order chi connectivity index (χ1) is 7.10. The van der Waals surface area contributed by atoms with Gasteiger partial charge in [-0.25, -0.2) is 13.8 Å². The molecule has 3 nitrogen and oxygen atoms in total. The highest BCUT2D eigenvalue weighted by atomic mass is 35.5. The number of nitrogens with two attached hydrogens (primary N) is 1. The van der Waals surface area contributed by atoms with Crippen molar-refractivity contribution in [3.05, 3.63) is 28.0 Å². The average Bonchev–Trinajstić information content (AvgIpc) is 2.16. The minimum Gasteiger partial charge on any atom is -0.326 e. The number of alkyl halides is 2. The zero-order valence-electron chi connectivity index (χ0n) is 7.67. The lowest BCUT2D eigenvalue weighted by Crippen LogP contribution is -2.06. The van der Waals surface area contributed by atoms with E-state index in [0.717, 1.165) is 0 Å². The van der Waals surface area contributed by atoms with E-state index in [0.29, 0.717) is 5.69 Å². The molecule has 1 aromatic rings. The molecule has 2 N–H and O–H groups in total. The standard InChI is InChI=1S/C9H8ClF2N3/c10-8-7(9(11)12)5(4-14)3-6(15-8)1-2-13/h3,9H,1,4,14H2. The zero-order chi connectivity index (χ0) is 11.4. The first-order valence-electron chi connectivity index (χ1n) is 4.13. The molecule has 80 valence electrons. The third-order valence-electron chi connectivity index (χ3n) is 1.85. The first kappa shape index (κ1) is 11.8. The molecule has 0 amide bonds. The molecule has 1 rings (SSSR count). The van der Waals surface area contributed by atoms with E-state index in [2.05, 4.69) is 4.98 Å². The van der Waals surface area contributed by atoms with Crippen LogP contribution in [-0.2, 0) is 13.0 Å². The molecular weight excluding hydrogens is 224 g/mol. The molecule has 0 unspecified atom stereocenters. The van der Waals surface area contributed by atoms with Crippen LogP contribution in [0.25, 0.3) is 0 Å². The number of hydrogen-bond acceptors (Lipinski definition) is 3. The van der Waals surface area contributed by atoms with Crippen LogP contribution in [-0.4, -0.2) is 4.98 Å². The summed E-state index contributed by atoms with van der Waals surface area (Å²) in [6.07, 6.45) is -2.68. The smallest absolute Gasteiger partial charge is 0.267 e. The van der Waals surface area contributed by atoms with Crippen molar-refractivity contribution in [2.24, 2.45) is 5.73 Å². The molecule has 0 spiro atoms. The second kappa shape index (κ2) is 5.01. The van der Waals surface area contributed by atoms with E-state index in [1.807, 2.05) is 6.07 Å². The van der Waals surface area contributed by atoms with Gasteiger partial charge in [0.15, 0.2) is 0 Å². The number of aromatic nitrogens is 1. The molecule has 0 aliphatic carbocycles. The number of halogens is 3. The molecular formula is C9H8ClF2N3. The van der Waals surface area contributed by atoms with E-state index in [4.69, 9.17) is 22.6 Å². The summed E-state index contributed by atoms with van der Waals surface area (Å²) in [5.41, 5.74) is 5.56. The lowest BCUT2D eigenvalue weighted by atomic mass is 10.1. The SMILES string of the molecule is N#CCc1cc(CN)c(C(F)F)c(Cl)n1. The van der Waals surface area contributed by atoms with Crippen LogP contribution in [0.4, 0.5) is 8.78 Å². The van der Waals surface area contributed by atoms with E-state index in [1.54, 1.807) is 0 Å². The van der Waals surface area contributed by atoms with Gasteiger partial charge in [-0.3, -0.25) is 0 Å². The van der Waals surface area contributed by atoms with Crippen molar-refractivity contribution in [2.45, 2.75) is 19.4 Å². The normalized spacial score (nSPS) is 10.4. The summed E-state index contributed by atoms with van der Waals surface area (Å²) >= 11 is 5.59. The number of pyridine rings is 1. The van der Waals surface area contributed by atoms with Gasteiger partial charge in [0.25, 0.3) is 6.43 Å². The van der Waals surface area contributed by atoms with Crippen molar-refractivity contribution in [1.82, 2.24) is 4.98 Å². The molecule has 0 aromatic carbocycles. The second-order valence-corrected chi connectivity index (χ2v) is 3.17. The Balaban J connectivity index is 3.25. The Morgan fingerprint density at radius 3 is 2.73 bits per heavy atom. The topological polar surface area (TPSA) is 62.7 Å². The van der Waals surface area contributed by atoms with Gasteiger partial charge in [-0.2, -0.15) is 5.26 Å². The summed E-state index contributed by atoms with van der Waals surface area (Å²) < 4.78 is 25.1. The van der Waals surface area contributed by atoms with Gasteiger partial charge < -0.3 is 5.73 Å². The van der Waals surface area contributed by atoms with Crippen LogP contribution in [0.1, 0.15) is 23.2 Å². The summed E-state index contributed by atoms with van der Waals surface area (Å²) in [5.74, 6) is 0. The average molecular weight is 232 g/mol. The molecule has 0 bridgehead atoms. The highest BCUT2D eigenvalue weighted by molar-refractivity contribution is 6.30. The van der Waals surface area contributed by atoms with Crippen molar-refractivity contribution in [1.29, 1.82) is 5.26 Å². The molecule has 0 saturated carbocycles. The van der Waals surface area contributed by atoms with Crippen molar-refractivity contribution < 1.29 is 8.78 Å². The third-order valence-corrected chi connectivity index (χ3v) is 2.14. The summed E-state index contributed by atoms with van der Waals surface area (Å²) in [7, 11) is 0. The minimum absolute atomic E-state index is 0.0240. The lowest BCUT2D eigenvalue weighted by Gasteiger charge is -2.09. The largest absolute Gasteiger partial charge is 0.326 e. The van der Waals surface area contributed by atoms with Gasteiger partial charge in [-0.1, -0.05) is 11.6 Å². The molecule has 6 heteroatoms. The van der Waals surface area contributed by atoms with Crippen LogP contribution in [0, 0.1) is 11.3 Å². The van der Waals surface area contributed by atoms with E-state index < -0.39 is 6.43 Å². The maximum absolute atomic E-state index is 12.5. The van der Waals surface area contributed by atoms with Gasteiger partial charge >= 0.3 is 0 Å². The second-order valence-electron chi connectivity index (χ2n) is 2.82. The number of hydrogen-bond donors (Lipinski definition) is 1. The quantitative estimate of drug-likeness (QED) is 0.811. The summed E-state index contributed by atoms with van der Waals surface area (Å²) in [5, 5.41) is 8.16. The Bertz CT molecular complexity index is 401. The predicted molar refractivity (Wildman–Crippen MR) is 51.4 cm³/mol. The molecule has 1 heterocycles. The third kappa shape index (κ3) is 2.61. The van der Waals surface area contributed by atoms with E-state index in [1.165, 1.54) is 6.07 Å². The fourth-order valence-corrected chi connectivity index (χ4v) is 1.51. The Morgan fingerprint density at radius 1 is 1.60 bits per heavy atom. The minimum atomic E-state index is -2.71. The summed E-state index contributed by atoms with van der Waals surface area (Å²) in [6.45, 7) is -0.0552. The van der Waals surface area contributed by atoms with Crippen molar-refractivity contribution >= 4 is 11.6 Å². The number of nitriles is 1. The molecule has 1 aromatic heterocycles. The maximum Gasteiger partial charge on any atom is 0.267 e. The molecule has 0 radical (unpaired) electrons. The predicted octanol–water partition coefficient (Wildman–Crippen LogP) is 2.20. The van der Waals surface area contributed by atoms with Gasteiger partial charge in [0.1, 0.15) is 5.15 Å². The van der Waals surface area contributed by atoms with Crippen LogP contribution in [0.2, 0.25) is 5.15 Å². The van der Waals surface area contributed by atoms with Gasteiger partial charge in [-0.15, -0.1) is 0 Å². The molecule has 0 atom stereocenters. The number of nitrogens with zero attached hydrogens (tertiary/aromatic N) is 2. The fourth-order valence-electron chi connectivity index (χ4n) is 1.20. The highest BCUT2D eigenvalue weighted by Crippen LogP contribution is 2.29. The van der Waals surface area contributed by atoms with Crippen LogP contribution in [0.3, 0.4) is 0 Å². The maximum atomic E-state index is 12.5. The van der Waals surface area contributed by atoms with Crippen LogP contribution in [0.5, 0.6) is 0 Å². The highest BCUT2D eigenvalue weighted by Gasteiger charge is 2.18. The lowest BCUT2D eigenvalue weighted by molar-refractivity contribution is 0.150. The summed E-state index contributed by atoms with van der Waals surface area (Å²) in [6, 6.07) is 3.25. The van der Waals surface area contributed by atoms with Crippen molar-refractivity contribution in [2.75, 3.05) is 0 Å². The van der Waals surface area contributed by atoms with Crippen molar-refractivity contribution in [3.63, 3.8) is 0 Å². The van der Waals surface area contributed by atoms with Gasteiger partial charge in [0, 0.05) is 6.54 Å². The Morgan fingerprint density at radius 2 is 2.27 bits per heavy atom. The Kier molecular flexibility index (Phi) is 3.95. The van der Waals surface area contributed by atoms with Gasteiger partial charge in [0.05, 0.1) is 23.7 Å². The zero-order valence-corrected chi connectivity index (χ0v) is 8.43. The van der Waals surface area contributed by atoms with Gasteiger partial charge in [-0.05, 0) is 11.6 Å². The molecule has 0 fully saturated rings. The fraction of sp³-hybridized carbons (Fsp3) is 0.333. The molecule has 0 saturated heterocycles. The van der Waals surface area contributed by atoms with E-state index in [9.17, 15) is 8.78 Å². The molecule has 15 heavy (non-hydrogen) atoms. The molecule has 0 aliphatic rings. The van der Waals surface area contributed by atoms with Crippen LogP contribution in [0.15, 0.2) is 6.07 Å². The summed E-state index contributed by atoms with van der Waals surface area (Å²) in [4.78, 5) is 3.70. The monoisotopic (exact) mass is 231 g/mol.